The third-order valence-corrected chi connectivity index (χ3v) is 3.92. The maximum absolute atomic E-state index is 12.5. The number of piperidine rings is 1. The first kappa shape index (κ1) is 13.9. The van der Waals surface area contributed by atoms with Crippen LogP contribution in [-0.2, 0) is 6.54 Å². The molecule has 0 aliphatic carbocycles. The summed E-state index contributed by atoms with van der Waals surface area (Å²) in [5.74, 6) is 0.233. The predicted octanol–water partition coefficient (Wildman–Crippen LogP) is 2.57. The highest BCUT2D eigenvalue weighted by atomic mass is 16.1. The zero-order valence-corrected chi connectivity index (χ0v) is 12.0. The Hall–Kier alpha value is -2.07. The number of hydrogen-bond donors (Lipinski definition) is 0. The SMILES string of the molecule is O=C(c1ccccn1)[C@@H]1CCCN(Cc2cccnc2)C1. The third kappa shape index (κ3) is 3.52. The van der Waals surface area contributed by atoms with Crippen LogP contribution in [0.1, 0.15) is 28.9 Å². The zero-order valence-electron chi connectivity index (χ0n) is 12.0. The van der Waals surface area contributed by atoms with Gasteiger partial charge in [-0.05, 0) is 43.1 Å². The van der Waals surface area contributed by atoms with Crippen molar-refractivity contribution in [2.24, 2.45) is 5.92 Å². The molecular weight excluding hydrogens is 262 g/mol. The van der Waals surface area contributed by atoms with Gasteiger partial charge in [0.25, 0.3) is 0 Å². The fourth-order valence-electron chi connectivity index (χ4n) is 2.88. The Bertz CT molecular complexity index is 585. The molecule has 0 radical (unpaired) electrons. The summed E-state index contributed by atoms with van der Waals surface area (Å²) in [5.41, 5.74) is 1.79. The summed E-state index contributed by atoms with van der Waals surface area (Å²) in [6.07, 6.45) is 7.38. The van der Waals surface area contributed by atoms with E-state index in [1.165, 1.54) is 5.56 Å². The van der Waals surface area contributed by atoms with Crippen LogP contribution in [0, 0.1) is 5.92 Å². The number of hydrogen-bond acceptors (Lipinski definition) is 4. The van der Waals surface area contributed by atoms with Gasteiger partial charge in [0.15, 0.2) is 5.78 Å². The van der Waals surface area contributed by atoms with E-state index in [1.807, 2.05) is 30.5 Å². The van der Waals surface area contributed by atoms with Gasteiger partial charge in [0.2, 0.25) is 0 Å². The molecule has 1 aliphatic rings. The molecule has 0 unspecified atom stereocenters. The van der Waals surface area contributed by atoms with Gasteiger partial charge in [0.1, 0.15) is 5.69 Å². The van der Waals surface area contributed by atoms with E-state index < -0.39 is 0 Å². The van der Waals surface area contributed by atoms with E-state index in [0.717, 1.165) is 32.5 Å². The number of pyridine rings is 2. The van der Waals surface area contributed by atoms with E-state index >= 15 is 0 Å². The number of aromatic nitrogens is 2. The van der Waals surface area contributed by atoms with Crippen LogP contribution >= 0.6 is 0 Å². The summed E-state index contributed by atoms with van der Waals surface area (Å²) in [6, 6.07) is 9.55. The molecule has 4 nitrogen and oxygen atoms in total. The quantitative estimate of drug-likeness (QED) is 0.808. The molecule has 21 heavy (non-hydrogen) atoms. The first-order valence-electron chi connectivity index (χ1n) is 7.39. The summed E-state index contributed by atoms with van der Waals surface area (Å²) < 4.78 is 0. The second-order valence-corrected chi connectivity index (χ2v) is 5.51. The molecule has 0 bridgehead atoms. The molecule has 0 N–H and O–H groups in total. The van der Waals surface area contributed by atoms with E-state index in [9.17, 15) is 4.79 Å². The van der Waals surface area contributed by atoms with Crippen LogP contribution in [0.25, 0.3) is 0 Å². The fourth-order valence-corrected chi connectivity index (χ4v) is 2.88. The molecule has 3 rings (SSSR count). The summed E-state index contributed by atoms with van der Waals surface area (Å²) in [6.45, 7) is 2.71. The Morgan fingerprint density at radius 1 is 1.24 bits per heavy atom. The molecule has 2 aromatic heterocycles. The van der Waals surface area contributed by atoms with E-state index in [2.05, 4.69) is 20.9 Å². The minimum atomic E-state index is 0.0605. The number of carbonyl (C=O) groups excluding carboxylic acids is 1. The van der Waals surface area contributed by atoms with E-state index in [1.54, 1.807) is 12.4 Å². The highest BCUT2D eigenvalue weighted by molar-refractivity contribution is 5.96. The Balaban J connectivity index is 1.64. The Morgan fingerprint density at radius 2 is 2.19 bits per heavy atom. The second-order valence-electron chi connectivity index (χ2n) is 5.51. The molecule has 2 aromatic rings. The lowest BCUT2D eigenvalue weighted by molar-refractivity contribution is 0.0806. The number of carbonyl (C=O) groups is 1. The standard InChI is InChI=1S/C17H19N3O/c21-17(16-7-1-2-9-19-16)15-6-4-10-20(13-15)12-14-5-3-8-18-11-14/h1-3,5,7-9,11,15H,4,6,10,12-13H2/t15-/m1/s1. The number of likely N-dealkylation sites (tertiary alicyclic amines) is 1. The van der Waals surface area contributed by atoms with Gasteiger partial charge in [0.05, 0.1) is 0 Å². The highest BCUT2D eigenvalue weighted by Gasteiger charge is 2.27. The smallest absolute Gasteiger partial charge is 0.185 e. The van der Waals surface area contributed by atoms with Crippen molar-refractivity contribution in [3.05, 3.63) is 60.2 Å². The van der Waals surface area contributed by atoms with Crippen molar-refractivity contribution >= 4 is 5.78 Å². The van der Waals surface area contributed by atoms with Gasteiger partial charge in [-0.3, -0.25) is 19.7 Å². The van der Waals surface area contributed by atoms with Crippen LogP contribution in [0.3, 0.4) is 0 Å². The maximum Gasteiger partial charge on any atom is 0.185 e. The third-order valence-electron chi connectivity index (χ3n) is 3.92. The Labute approximate surface area is 124 Å². The topological polar surface area (TPSA) is 46.1 Å². The minimum absolute atomic E-state index is 0.0605. The summed E-state index contributed by atoms with van der Waals surface area (Å²) in [4.78, 5) is 23.2. The van der Waals surface area contributed by atoms with Crippen LogP contribution < -0.4 is 0 Å². The molecule has 1 atom stereocenters. The van der Waals surface area contributed by atoms with Crippen LogP contribution in [0.4, 0.5) is 0 Å². The van der Waals surface area contributed by atoms with Crippen LogP contribution in [0.5, 0.6) is 0 Å². The first-order valence-corrected chi connectivity index (χ1v) is 7.39. The highest BCUT2D eigenvalue weighted by Crippen LogP contribution is 2.21. The van der Waals surface area contributed by atoms with E-state index in [0.29, 0.717) is 5.69 Å². The van der Waals surface area contributed by atoms with Gasteiger partial charge in [-0.2, -0.15) is 0 Å². The molecule has 4 heteroatoms. The largest absolute Gasteiger partial charge is 0.298 e. The fraction of sp³-hybridized carbons (Fsp3) is 0.353. The lowest BCUT2D eigenvalue weighted by Crippen LogP contribution is -2.38. The van der Waals surface area contributed by atoms with Gasteiger partial charge in [-0.25, -0.2) is 0 Å². The van der Waals surface area contributed by atoms with Crippen LogP contribution in [-0.4, -0.2) is 33.7 Å². The van der Waals surface area contributed by atoms with Crippen molar-refractivity contribution in [3.8, 4) is 0 Å². The van der Waals surface area contributed by atoms with Gasteiger partial charge in [-0.1, -0.05) is 12.1 Å². The van der Waals surface area contributed by atoms with E-state index in [-0.39, 0.29) is 11.7 Å². The van der Waals surface area contributed by atoms with Crippen molar-refractivity contribution < 1.29 is 4.79 Å². The summed E-state index contributed by atoms with van der Waals surface area (Å²) >= 11 is 0. The van der Waals surface area contributed by atoms with Gasteiger partial charge >= 0.3 is 0 Å². The van der Waals surface area contributed by atoms with E-state index in [4.69, 9.17) is 0 Å². The van der Waals surface area contributed by atoms with Crippen molar-refractivity contribution in [3.63, 3.8) is 0 Å². The number of ketones is 1. The normalized spacial score (nSPS) is 19.3. The number of Topliss-reactive ketones (excluding diaryl/α,β-unsaturated/α-hetero) is 1. The lowest BCUT2D eigenvalue weighted by atomic mass is 9.91. The average Bonchev–Trinajstić information content (AvgIpc) is 2.56. The molecule has 108 valence electrons. The predicted molar refractivity (Wildman–Crippen MR) is 80.8 cm³/mol. The molecule has 1 saturated heterocycles. The molecule has 0 saturated carbocycles. The summed E-state index contributed by atoms with van der Waals surface area (Å²) in [7, 11) is 0. The molecule has 1 fully saturated rings. The van der Waals surface area contributed by atoms with Crippen molar-refractivity contribution in [2.45, 2.75) is 19.4 Å². The number of nitrogens with zero attached hydrogens (tertiary/aromatic N) is 3. The molecule has 0 aromatic carbocycles. The number of rotatable bonds is 4. The van der Waals surface area contributed by atoms with Crippen molar-refractivity contribution in [1.82, 2.24) is 14.9 Å². The molecule has 0 amide bonds. The Kier molecular flexibility index (Phi) is 4.36. The second kappa shape index (κ2) is 6.59. The average molecular weight is 281 g/mol. The van der Waals surface area contributed by atoms with Crippen molar-refractivity contribution in [2.75, 3.05) is 13.1 Å². The summed E-state index contributed by atoms with van der Waals surface area (Å²) in [5, 5.41) is 0. The van der Waals surface area contributed by atoms with Gasteiger partial charge in [0, 0.05) is 37.6 Å². The molecule has 0 spiro atoms. The maximum atomic E-state index is 12.5. The lowest BCUT2D eigenvalue weighted by Gasteiger charge is -2.31. The monoisotopic (exact) mass is 281 g/mol. The first-order chi connectivity index (χ1) is 10.3. The molecule has 1 aliphatic heterocycles. The minimum Gasteiger partial charge on any atom is -0.298 e. The molecular formula is C17H19N3O. The van der Waals surface area contributed by atoms with Crippen LogP contribution in [0.2, 0.25) is 0 Å². The zero-order chi connectivity index (χ0) is 14.5. The Morgan fingerprint density at radius 3 is 2.95 bits per heavy atom. The molecule has 3 heterocycles. The van der Waals surface area contributed by atoms with Gasteiger partial charge in [-0.15, -0.1) is 0 Å². The van der Waals surface area contributed by atoms with Crippen LogP contribution in [0.15, 0.2) is 48.9 Å². The van der Waals surface area contributed by atoms with Gasteiger partial charge < -0.3 is 0 Å². The van der Waals surface area contributed by atoms with Crippen molar-refractivity contribution in [1.29, 1.82) is 0 Å².